The molecule has 0 spiro atoms. The number of morpholine rings is 1. The van der Waals surface area contributed by atoms with Crippen LogP contribution in [0.5, 0.6) is 5.75 Å². The molecule has 0 atom stereocenters. The summed E-state index contributed by atoms with van der Waals surface area (Å²) in [6, 6.07) is 8.21. The van der Waals surface area contributed by atoms with Gasteiger partial charge in [-0.3, -0.25) is 0 Å². The van der Waals surface area contributed by atoms with Gasteiger partial charge in [-0.25, -0.2) is 0 Å². The van der Waals surface area contributed by atoms with Crippen molar-refractivity contribution < 1.29 is 14.4 Å². The fourth-order valence-electron chi connectivity index (χ4n) is 2.38. The lowest BCUT2D eigenvalue weighted by atomic mass is 10.1. The molecule has 0 radical (unpaired) electrons. The first-order chi connectivity index (χ1) is 9.40. The molecule has 104 valence electrons. The Kier molecular flexibility index (Phi) is 5.92. The Morgan fingerprint density at radius 2 is 2.05 bits per heavy atom. The van der Waals surface area contributed by atoms with Gasteiger partial charge in [-0.2, -0.15) is 0 Å². The molecule has 0 unspecified atom stereocenters. The zero-order chi connectivity index (χ0) is 13.3. The van der Waals surface area contributed by atoms with E-state index >= 15 is 0 Å². The molecule has 1 fully saturated rings. The standard InChI is InChI=1S/C16H23NO2/c1-2-6-15-7-3-4-8-16(15)19-12-5-9-17-10-13-18-14-11-17/h2-4,7-8H,1,5-6,9-14H2/p+1. The quantitative estimate of drug-likeness (QED) is 0.587. The zero-order valence-corrected chi connectivity index (χ0v) is 11.6. The van der Waals surface area contributed by atoms with Crippen molar-refractivity contribution in [3.63, 3.8) is 0 Å². The Morgan fingerprint density at radius 1 is 1.26 bits per heavy atom. The molecular formula is C16H24NO2+. The molecule has 19 heavy (non-hydrogen) atoms. The maximum atomic E-state index is 5.89. The van der Waals surface area contributed by atoms with Gasteiger partial charge in [0.2, 0.25) is 0 Å². The van der Waals surface area contributed by atoms with E-state index < -0.39 is 0 Å². The molecular weight excluding hydrogens is 238 g/mol. The third-order valence-corrected chi connectivity index (χ3v) is 3.47. The van der Waals surface area contributed by atoms with Crippen molar-refractivity contribution in [3.05, 3.63) is 42.5 Å². The first-order valence-electron chi connectivity index (χ1n) is 7.13. The molecule has 1 N–H and O–H groups in total. The van der Waals surface area contributed by atoms with Crippen molar-refractivity contribution in [2.75, 3.05) is 39.5 Å². The Hall–Kier alpha value is -1.32. The first-order valence-corrected chi connectivity index (χ1v) is 7.13. The zero-order valence-electron chi connectivity index (χ0n) is 11.6. The lowest BCUT2D eigenvalue weighted by Crippen LogP contribution is -3.14. The van der Waals surface area contributed by atoms with E-state index in [1.54, 1.807) is 4.90 Å². The lowest BCUT2D eigenvalue weighted by Gasteiger charge is -2.23. The van der Waals surface area contributed by atoms with Gasteiger partial charge in [0.1, 0.15) is 18.8 Å². The van der Waals surface area contributed by atoms with E-state index in [0.717, 1.165) is 51.5 Å². The fraction of sp³-hybridized carbons (Fsp3) is 0.500. The molecule has 0 bridgehead atoms. The maximum Gasteiger partial charge on any atom is 0.122 e. The summed E-state index contributed by atoms with van der Waals surface area (Å²) in [7, 11) is 0. The minimum Gasteiger partial charge on any atom is -0.493 e. The summed E-state index contributed by atoms with van der Waals surface area (Å²) in [6.45, 7) is 9.81. The monoisotopic (exact) mass is 262 g/mol. The summed E-state index contributed by atoms with van der Waals surface area (Å²) in [5.41, 5.74) is 1.22. The highest BCUT2D eigenvalue weighted by Gasteiger charge is 2.12. The molecule has 0 amide bonds. The maximum absolute atomic E-state index is 5.89. The Labute approximate surface area is 115 Å². The fourth-order valence-corrected chi connectivity index (χ4v) is 2.38. The predicted octanol–water partition coefficient (Wildman–Crippen LogP) is 1.10. The predicted molar refractivity (Wildman–Crippen MR) is 76.8 cm³/mol. The minimum atomic E-state index is 0.790. The van der Waals surface area contributed by atoms with E-state index in [0.29, 0.717) is 0 Å². The molecule has 2 rings (SSSR count). The second-order valence-corrected chi connectivity index (χ2v) is 4.91. The molecule has 1 aromatic rings. The molecule has 1 heterocycles. The Bertz CT molecular complexity index is 386. The summed E-state index contributed by atoms with van der Waals surface area (Å²) in [4.78, 5) is 1.63. The van der Waals surface area contributed by atoms with Crippen LogP contribution in [0.2, 0.25) is 0 Å². The molecule has 3 heteroatoms. The second kappa shape index (κ2) is 7.97. The first kappa shape index (κ1) is 14.1. The van der Waals surface area contributed by atoms with Crippen LogP contribution >= 0.6 is 0 Å². The highest BCUT2D eigenvalue weighted by Crippen LogP contribution is 2.18. The van der Waals surface area contributed by atoms with Gasteiger partial charge >= 0.3 is 0 Å². The summed E-state index contributed by atoms with van der Waals surface area (Å²) in [5, 5.41) is 0. The molecule has 1 aliphatic heterocycles. The van der Waals surface area contributed by atoms with Crippen molar-refractivity contribution in [1.29, 1.82) is 0 Å². The van der Waals surface area contributed by atoms with Gasteiger partial charge < -0.3 is 14.4 Å². The second-order valence-electron chi connectivity index (χ2n) is 4.91. The number of hydrogen-bond acceptors (Lipinski definition) is 2. The van der Waals surface area contributed by atoms with Crippen molar-refractivity contribution in [2.24, 2.45) is 0 Å². The van der Waals surface area contributed by atoms with E-state index in [9.17, 15) is 0 Å². The Morgan fingerprint density at radius 3 is 2.84 bits per heavy atom. The molecule has 1 aliphatic rings. The third kappa shape index (κ3) is 4.69. The van der Waals surface area contributed by atoms with E-state index in [-0.39, 0.29) is 0 Å². The number of benzene rings is 1. The number of hydrogen-bond donors (Lipinski definition) is 1. The summed E-state index contributed by atoms with van der Waals surface area (Å²) in [6.07, 6.45) is 3.88. The van der Waals surface area contributed by atoms with Gasteiger partial charge in [-0.15, -0.1) is 6.58 Å². The van der Waals surface area contributed by atoms with Crippen LogP contribution < -0.4 is 9.64 Å². The number of quaternary nitrogens is 1. The van der Waals surface area contributed by atoms with Crippen LogP contribution in [0.25, 0.3) is 0 Å². The van der Waals surface area contributed by atoms with E-state index in [1.807, 2.05) is 24.3 Å². The van der Waals surface area contributed by atoms with E-state index in [2.05, 4.69) is 12.6 Å². The summed E-state index contributed by atoms with van der Waals surface area (Å²) in [5.74, 6) is 0.999. The highest BCUT2D eigenvalue weighted by atomic mass is 16.5. The lowest BCUT2D eigenvalue weighted by molar-refractivity contribution is -0.908. The molecule has 1 saturated heterocycles. The third-order valence-electron chi connectivity index (χ3n) is 3.47. The van der Waals surface area contributed by atoms with E-state index in [4.69, 9.17) is 9.47 Å². The van der Waals surface area contributed by atoms with Crippen molar-refractivity contribution in [3.8, 4) is 5.75 Å². The largest absolute Gasteiger partial charge is 0.493 e. The molecule has 0 aromatic heterocycles. The topological polar surface area (TPSA) is 22.9 Å². The van der Waals surface area contributed by atoms with Crippen molar-refractivity contribution in [2.45, 2.75) is 12.8 Å². The molecule has 1 aromatic carbocycles. The smallest absolute Gasteiger partial charge is 0.122 e. The van der Waals surface area contributed by atoms with E-state index in [1.165, 1.54) is 12.1 Å². The van der Waals surface area contributed by atoms with Gasteiger partial charge in [0.25, 0.3) is 0 Å². The highest BCUT2D eigenvalue weighted by molar-refractivity contribution is 5.34. The normalized spacial score (nSPS) is 16.2. The molecule has 0 saturated carbocycles. The van der Waals surface area contributed by atoms with Gasteiger partial charge in [0, 0.05) is 6.42 Å². The van der Waals surface area contributed by atoms with Gasteiger partial charge in [0.15, 0.2) is 0 Å². The van der Waals surface area contributed by atoms with Gasteiger partial charge in [-0.1, -0.05) is 24.3 Å². The van der Waals surface area contributed by atoms with Crippen LogP contribution in [0.3, 0.4) is 0 Å². The van der Waals surface area contributed by atoms with Crippen LogP contribution in [-0.2, 0) is 11.2 Å². The number of rotatable bonds is 7. The molecule has 0 aliphatic carbocycles. The van der Waals surface area contributed by atoms with Crippen LogP contribution in [0.4, 0.5) is 0 Å². The summed E-state index contributed by atoms with van der Waals surface area (Å²) < 4.78 is 11.2. The number of para-hydroxylation sites is 1. The molecule has 3 nitrogen and oxygen atoms in total. The van der Waals surface area contributed by atoms with Gasteiger partial charge in [-0.05, 0) is 18.1 Å². The Balaban J connectivity index is 1.71. The van der Waals surface area contributed by atoms with Gasteiger partial charge in [0.05, 0.1) is 26.4 Å². The average Bonchev–Trinajstić information content (AvgIpc) is 2.47. The van der Waals surface area contributed by atoms with Crippen molar-refractivity contribution in [1.82, 2.24) is 0 Å². The van der Waals surface area contributed by atoms with Crippen LogP contribution in [-0.4, -0.2) is 39.5 Å². The SMILES string of the molecule is C=CCc1ccccc1OCCC[NH+]1CCOCC1. The van der Waals surface area contributed by atoms with Crippen LogP contribution in [0, 0.1) is 0 Å². The number of allylic oxidation sites excluding steroid dienone is 1. The number of ether oxygens (including phenoxy) is 2. The minimum absolute atomic E-state index is 0.790. The van der Waals surface area contributed by atoms with Crippen LogP contribution in [0.15, 0.2) is 36.9 Å². The average molecular weight is 262 g/mol. The number of nitrogens with one attached hydrogen (secondary N) is 1. The summed E-state index contributed by atoms with van der Waals surface area (Å²) >= 11 is 0. The van der Waals surface area contributed by atoms with Crippen molar-refractivity contribution >= 4 is 0 Å². The van der Waals surface area contributed by atoms with Crippen LogP contribution in [0.1, 0.15) is 12.0 Å².